The first-order valence-electron chi connectivity index (χ1n) is 5.03. The second-order valence-electron chi connectivity index (χ2n) is 3.55. The van der Waals surface area contributed by atoms with Gasteiger partial charge in [0, 0.05) is 25.5 Å². The van der Waals surface area contributed by atoms with Crippen LogP contribution in [0.15, 0.2) is 16.9 Å². The van der Waals surface area contributed by atoms with Crippen molar-refractivity contribution in [3.05, 3.63) is 22.7 Å². The number of nitrogens with one attached hydrogen (secondary N) is 1. The number of morpholine rings is 1. The predicted molar refractivity (Wildman–Crippen MR) is 60.0 cm³/mol. The zero-order valence-electron chi connectivity index (χ0n) is 8.43. The van der Waals surface area contributed by atoms with Crippen LogP contribution in [-0.2, 0) is 4.74 Å². The maximum atomic E-state index is 5.58. The van der Waals surface area contributed by atoms with Crippen molar-refractivity contribution in [1.29, 1.82) is 0 Å². The van der Waals surface area contributed by atoms with Gasteiger partial charge in [-0.15, -0.1) is 5.10 Å². The van der Waals surface area contributed by atoms with Crippen molar-refractivity contribution in [3.63, 3.8) is 0 Å². The quantitative estimate of drug-likeness (QED) is 0.828. The zero-order valence-corrected chi connectivity index (χ0v) is 10.0. The van der Waals surface area contributed by atoms with Gasteiger partial charge in [0.25, 0.3) is 5.78 Å². The Bertz CT molecular complexity index is 508. The number of nitrogens with zero attached hydrogens (tertiary/aromatic N) is 4. The fourth-order valence-corrected chi connectivity index (χ4v) is 1.94. The minimum Gasteiger partial charge on any atom is -0.367 e. The molecule has 1 atom stereocenters. The van der Waals surface area contributed by atoms with Gasteiger partial charge in [-0.05, 0) is 15.9 Å². The van der Waals surface area contributed by atoms with E-state index in [1.807, 2.05) is 6.20 Å². The van der Waals surface area contributed by atoms with Crippen molar-refractivity contribution in [3.8, 4) is 0 Å². The number of fused-ring (bicyclic) bond motifs is 1. The van der Waals surface area contributed by atoms with Gasteiger partial charge in [0.05, 0.1) is 11.1 Å². The molecule has 1 aliphatic rings. The van der Waals surface area contributed by atoms with E-state index >= 15 is 0 Å². The molecule has 7 heteroatoms. The average molecular weight is 284 g/mol. The molecule has 0 aromatic carbocycles. The average Bonchev–Trinajstić information content (AvgIpc) is 2.73. The Balaban J connectivity index is 1.97. The first kappa shape index (κ1) is 10.1. The highest BCUT2D eigenvalue weighted by atomic mass is 79.9. The van der Waals surface area contributed by atoms with Crippen LogP contribution in [0.4, 0.5) is 0 Å². The molecule has 1 aliphatic heterocycles. The van der Waals surface area contributed by atoms with Crippen molar-refractivity contribution in [1.82, 2.24) is 24.9 Å². The van der Waals surface area contributed by atoms with E-state index in [4.69, 9.17) is 4.74 Å². The maximum Gasteiger partial charge on any atom is 0.252 e. The highest BCUT2D eigenvalue weighted by molar-refractivity contribution is 9.10. The molecule has 84 valence electrons. The summed E-state index contributed by atoms with van der Waals surface area (Å²) in [5.41, 5.74) is 0. The highest BCUT2D eigenvalue weighted by Gasteiger charge is 2.20. The van der Waals surface area contributed by atoms with E-state index in [-0.39, 0.29) is 6.10 Å². The molecule has 0 saturated carbocycles. The Labute approximate surface area is 100 Å². The van der Waals surface area contributed by atoms with Crippen LogP contribution in [0, 0.1) is 0 Å². The van der Waals surface area contributed by atoms with E-state index in [1.54, 1.807) is 10.7 Å². The molecule has 1 N–H and O–H groups in total. The predicted octanol–water partition coefficient (Wildman–Crippen LogP) is 0.548. The Morgan fingerprint density at radius 2 is 2.50 bits per heavy atom. The zero-order chi connectivity index (χ0) is 11.0. The van der Waals surface area contributed by atoms with Gasteiger partial charge in [-0.25, -0.2) is 9.50 Å². The van der Waals surface area contributed by atoms with Crippen molar-refractivity contribution >= 4 is 21.7 Å². The Morgan fingerprint density at radius 3 is 3.31 bits per heavy atom. The molecule has 0 radical (unpaired) electrons. The molecule has 0 aliphatic carbocycles. The summed E-state index contributed by atoms with van der Waals surface area (Å²) in [6.07, 6.45) is 3.46. The first-order chi connectivity index (χ1) is 7.83. The number of ether oxygens (including phenoxy) is 1. The van der Waals surface area contributed by atoms with Crippen LogP contribution < -0.4 is 5.32 Å². The van der Waals surface area contributed by atoms with Gasteiger partial charge in [-0.3, -0.25) is 0 Å². The molecule has 1 saturated heterocycles. The molecule has 0 bridgehead atoms. The van der Waals surface area contributed by atoms with Crippen molar-refractivity contribution < 1.29 is 4.74 Å². The topological polar surface area (TPSA) is 64.3 Å². The summed E-state index contributed by atoms with van der Waals surface area (Å²) in [7, 11) is 0. The third-order valence-corrected chi connectivity index (χ3v) is 2.80. The lowest BCUT2D eigenvalue weighted by Crippen LogP contribution is -2.33. The Kier molecular flexibility index (Phi) is 2.58. The van der Waals surface area contributed by atoms with Crippen molar-refractivity contribution in [2.75, 3.05) is 19.7 Å². The second-order valence-corrected chi connectivity index (χ2v) is 4.47. The minimum absolute atomic E-state index is 0.0748. The fraction of sp³-hybridized carbons (Fsp3) is 0.444. The Hall–Kier alpha value is -1.05. The summed E-state index contributed by atoms with van der Waals surface area (Å²) in [5.74, 6) is 1.27. The molecule has 0 amide bonds. The van der Waals surface area contributed by atoms with Crippen LogP contribution in [0.5, 0.6) is 0 Å². The third-order valence-electron chi connectivity index (χ3n) is 2.39. The third kappa shape index (κ3) is 1.81. The lowest BCUT2D eigenvalue weighted by molar-refractivity contribution is 0.0223. The molecule has 1 unspecified atom stereocenters. The maximum absolute atomic E-state index is 5.58. The summed E-state index contributed by atoms with van der Waals surface area (Å²) in [6, 6.07) is 0. The van der Waals surface area contributed by atoms with E-state index < -0.39 is 0 Å². The van der Waals surface area contributed by atoms with Gasteiger partial charge in [-0.2, -0.15) is 4.98 Å². The smallest absolute Gasteiger partial charge is 0.252 e. The van der Waals surface area contributed by atoms with Gasteiger partial charge >= 0.3 is 0 Å². The van der Waals surface area contributed by atoms with Crippen LogP contribution in [0.2, 0.25) is 0 Å². The van der Waals surface area contributed by atoms with E-state index in [0.717, 1.165) is 17.6 Å². The highest BCUT2D eigenvalue weighted by Crippen LogP contribution is 2.16. The summed E-state index contributed by atoms with van der Waals surface area (Å²) < 4.78 is 8.11. The van der Waals surface area contributed by atoms with Crippen LogP contribution in [-0.4, -0.2) is 39.3 Å². The minimum atomic E-state index is -0.0748. The van der Waals surface area contributed by atoms with Crippen molar-refractivity contribution in [2.45, 2.75) is 6.10 Å². The van der Waals surface area contributed by atoms with Gasteiger partial charge < -0.3 is 10.1 Å². The molecular formula is C9H10BrN5O. The second kappa shape index (κ2) is 4.08. The van der Waals surface area contributed by atoms with Gasteiger partial charge in [0.1, 0.15) is 6.10 Å². The SMILES string of the molecule is Brc1cnc2nc(C3CNCCO3)nn2c1. The summed E-state index contributed by atoms with van der Waals surface area (Å²) in [6.45, 7) is 2.32. The molecule has 3 rings (SSSR count). The van der Waals surface area contributed by atoms with E-state index in [1.165, 1.54) is 0 Å². The standard InChI is InChI=1S/C9H10BrN5O/c10-6-3-12-9-13-8(14-15(9)5-6)7-4-11-1-2-16-7/h3,5,7,11H,1-2,4H2. The largest absolute Gasteiger partial charge is 0.367 e. The van der Waals surface area contributed by atoms with Gasteiger partial charge in [0.15, 0.2) is 5.82 Å². The molecule has 2 aromatic heterocycles. The summed E-state index contributed by atoms with van der Waals surface area (Å²) in [5, 5.41) is 7.59. The molecule has 2 aromatic rings. The van der Waals surface area contributed by atoms with Gasteiger partial charge in [0.2, 0.25) is 0 Å². The first-order valence-corrected chi connectivity index (χ1v) is 5.82. The van der Waals surface area contributed by atoms with Crippen LogP contribution >= 0.6 is 15.9 Å². The normalized spacial score (nSPS) is 21.4. The van der Waals surface area contributed by atoms with Crippen LogP contribution in [0.3, 0.4) is 0 Å². The van der Waals surface area contributed by atoms with E-state index in [2.05, 4.69) is 36.3 Å². The summed E-state index contributed by atoms with van der Waals surface area (Å²) >= 11 is 3.34. The van der Waals surface area contributed by atoms with Crippen LogP contribution in [0.25, 0.3) is 5.78 Å². The van der Waals surface area contributed by atoms with Crippen LogP contribution in [0.1, 0.15) is 11.9 Å². The van der Waals surface area contributed by atoms with E-state index in [0.29, 0.717) is 18.2 Å². The molecule has 0 spiro atoms. The molecule has 16 heavy (non-hydrogen) atoms. The lowest BCUT2D eigenvalue weighted by Gasteiger charge is -2.20. The van der Waals surface area contributed by atoms with Crippen molar-refractivity contribution in [2.24, 2.45) is 0 Å². The number of aromatic nitrogens is 4. The number of hydrogen-bond donors (Lipinski definition) is 1. The number of halogens is 1. The number of rotatable bonds is 1. The molecule has 6 nitrogen and oxygen atoms in total. The molecular weight excluding hydrogens is 274 g/mol. The monoisotopic (exact) mass is 283 g/mol. The lowest BCUT2D eigenvalue weighted by atomic mass is 10.3. The molecule has 1 fully saturated rings. The van der Waals surface area contributed by atoms with Gasteiger partial charge in [-0.1, -0.05) is 0 Å². The summed E-state index contributed by atoms with van der Waals surface area (Å²) in [4.78, 5) is 8.50. The number of hydrogen-bond acceptors (Lipinski definition) is 5. The van der Waals surface area contributed by atoms with E-state index in [9.17, 15) is 0 Å². The Morgan fingerprint density at radius 1 is 1.56 bits per heavy atom. The fourth-order valence-electron chi connectivity index (χ4n) is 1.64. The molecule has 3 heterocycles.